The van der Waals surface area contributed by atoms with Gasteiger partial charge < -0.3 is 10.5 Å². The molecule has 0 aliphatic heterocycles. The van der Waals surface area contributed by atoms with Gasteiger partial charge >= 0.3 is 0 Å². The van der Waals surface area contributed by atoms with Crippen LogP contribution in [-0.4, -0.2) is 28.7 Å². The standard InChI is InChI=1S/C17H20N5OS/c1-12-15(6-8-23-2)24-11-22(12)10-13-9-20-17(21-16(13)18)14-5-3-4-7-19-14/h3-5,7,9,11H,6,8,10H2,1-2H3,(H2,18,20,21)/q+1. The van der Waals surface area contributed by atoms with E-state index in [9.17, 15) is 0 Å². The molecular weight excluding hydrogens is 322 g/mol. The molecule has 0 aliphatic rings. The van der Waals surface area contributed by atoms with Gasteiger partial charge in [0.05, 0.1) is 17.0 Å². The van der Waals surface area contributed by atoms with Crippen LogP contribution in [-0.2, 0) is 17.7 Å². The van der Waals surface area contributed by atoms with Crippen molar-refractivity contribution in [1.82, 2.24) is 15.0 Å². The van der Waals surface area contributed by atoms with Crippen molar-refractivity contribution >= 4 is 17.2 Å². The maximum atomic E-state index is 6.13. The Labute approximate surface area is 145 Å². The fraction of sp³-hybridized carbons (Fsp3) is 0.294. The van der Waals surface area contributed by atoms with Crippen LogP contribution < -0.4 is 10.3 Å². The number of ether oxygens (including phenoxy) is 1. The van der Waals surface area contributed by atoms with E-state index in [1.807, 2.05) is 18.2 Å². The first kappa shape index (κ1) is 16.5. The van der Waals surface area contributed by atoms with E-state index in [0.717, 1.165) is 24.3 Å². The lowest BCUT2D eigenvalue weighted by Crippen LogP contribution is -2.35. The second-order valence-electron chi connectivity index (χ2n) is 5.42. The van der Waals surface area contributed by atoms with Crippen LogP contribution in [0.2, 0.25) is 0 Å². The van der Waals surface area contributed by atoms with E-state index in [1.165, 1.54) is 10.6 Å². The van der Waals surface area contributed by atoms with Crippen molar-refractivity contribution in [3.8, 4) is 11.5 Å². The largest absolute Gasteiger partial charge is 0.384 e. The molecule has 2 N–H and O–H groups in total. The van der Waals surface area contributed by atoms with Gasteiger partial charge in [-0.15, -0.1) is 0 Å². The Bertz CT molecular complexity index is 819. The number of hydrogen-bond acceptors (Lipinski definition) is 6. The van der Waals surface area contributed by atoms with E-state index < -0.39 is 0 Å². The lowest BCUT2D eigenvalue weighted by atomic mass is 10.2. The Hall–Kier alpha value is -2.38. The predicted octanol–water partition coefficient (Wildman–Crippen LogP) is 2.02. The smallest absolute Gasteiger partial charge is 0.225 e. The first-order valence-electron chi connectivity index (χ1n) is 7.67. The van der Waals surface area contributed by atoms with Gasteiger partial charge in [-0.1, -0.05) is 17.4 Å². The van der Waals surface area contributed by atoms with E-state index >= 15 is 0 Å². The van der Waals surface area contributed by atoms with Gasteiger partial charge in [0.15, 0.2) is 18.1 Å². The third-order valence-corrected chi connectivity index (χ3v) is 4.97. The van der Waals surface area contributed by atoms with Gasteiger partial charge in [-0.2, -0.15) is 4.57 Å². The zero-order valence-corrected chi connectivity index (χ0v) is 14.6. The van der Waals surface area contributed by atoms with Gasteiger partial charge in [0.1, 0.15) is 11.5 Å². The minimum atomic E-state index is 0.488. The van der Waals surface area contributed by atoms with Crippen LogP contribution in [0.4, 0.5) is 5.82 Å². The molecule has 0 radical (unpaired) electrons. The van der Waals surface area contributed by atoms with Gasteiger partial charge in [-0.3, -0.25) is 4.98 Å². The predicted molar refractivity (Wildman–Crippen MR) is 93.6 cm³/mol. The highest BCUT2D eigenvalue weighted by Gasteiger charge is 2.18. The molecule has 3 aromatic heterocycles. The molecular formula is C17H20N5OS+. The molecule has 0 bridgehead atoms. The second-order valence-corrected chi connectivity index (χ2v) is 6.36. The van der Waals surface area contributed by atoms with E-state index in [4.69, 9.17) is 10.5 Å². The van der Waals surface area contributed by atoms with Gasteiger partial charge in [0.25, 0.3) is 0 Å². The molecule has 0 amide bonds. The van der Waals surface area contributed by atoms with E-state index in [-0.39, 0.29) is 0 Å². The van der Waals surface area contributed by atoms with Gasteiger partial charge in [-0.25, -0.2) is 9.97 Å². The summed E-state index contributed by atoms with van der Waals surface area (Å²) in [7, 11) is 1.72. The number of thiazole rings is 1. The molecule has 0 unspecified atom stereocenters. The molecule has 0 atom stereocenters. The summed E-state index contributed by atoms with van der Waals surface area (Å²) in [6.07, 6.45) is 4.42. The van der Waals surface area contributed by atoms with Crippen molar-refractivity contribution in [1.29, 1.82) is 0 Å². The second kappa shape index (κ2) is 7.46. The van der Waals surface area contributed by atoms with E-state index in [0.29, 0.717) is 18.2 Å². The van der Waals surface area contributed by atoms with Crippen LogP contribution in [0.25, 0.3) is 11.5 Å². The van der Waals surface area contributed by atoms with E-state index in [1.54, 1.807) is 30.8 Å². The zero-order chi connectivity index (χ0) is 16.9. The number of nitrogens with zero attached hydrogens (tertiary/aromatic N) is 4. The summed E-state index contributed by atoms with van der Waals surface area (Å²) >= 11 is 1.73. The molecule has 0 saturated heterocycles. The molecule has 3 heterocycles. The quantitative estimate of drug-likeness (QED) is 0.694. The third-order valence-electron chi connectivity index (χ3n) is 3.82. The maximum Gasteiger partial charge on any atom is 0.225 e. The Morgan fingerprint density at radius 3 is 2.88 bits per heavy atom. The highest BCUT2D eigenvalue weighted by molar-refractivity contribution is 7.09. The number of hydrogen-bond donors (Lipinski definition) is 1. The van der Waals surface area contributed by atoms with Crippen LogP contribution in [0.15, 0.2) is 36.1 Å². The highest BCUT2D eigenvalue weighted by atomic mass is 32.1. The molecule has 6 nitrogen and oxygen atoms in total. The molecule has 124 valence electrons. The maximum absolute atomic E-state index is 6.13. The minimum absolute atomic E-state index is 0.488. The van der Waals surface area contributed by atoms with Crippen LogP contribution in [0.5, 0.6) is 0 Å². The van der Waals surface area contributed by atoms with Gasteiger partial charge in [0.2, 0.25) is 5.51 Å². The number of nitrogen functional groups attached to an aromatic ring is 1. The van der Waals surface area contributed by atoms with Crippen LogP contribution >= 0.6 is 11.3 Å². The number of nitrogens with two attached hydrogens (primary N) is 1. The first-order valence-corrected chi connectivity index (χ1v) is 8.55. The SMILES string of the molecule is COCCc1sc[n+](Cc2cnc(-c3ccccn3)nc2N)c1C. The van der Waals surface area contributed by atoms with Gasteiger partial charge in [-0.05, 0) is 12.1 Å². The molecule has 3 rings (SSSR count). The number of rotatable bonds is 6. The van der Waals surface area contributed by atoms with Crippen LogP contribution in [0.3, 0.4) is 0 Å². The van der Waals surface area contributed by atoms with E-state index in [2.05, 4.69) is 32.0 Å². The summed E-state index contributed by atoms with van der Waals surface area (Å²) in [4.78, 5) is 14.4. The number of aromatic nitrogens is 4. The Morgan fingerprint density at radius 2 is 2.17 bits per heavy atom. The lowest BCUT2D eigenvalue weighted by Gasteiger charge is -2.04. The Kier molecular flexibility index (Phi) is 5.12. The topological polar surface area (TPSA) is 77.8 Å². The van der Waals surface area contributed by atoms with Crippen molar-refractivity contribution in [3.63, 3.8) is 0 Å². The minimum Gasteiger partial charge on any atom is -0.384 e. The van der Waals surface area contributed by atoms with Crippen LogP contribution in [0, 0.1) is 6.92 Å². The van der Waals surface area contributed by atoms with Crippen molar-refractivity contribution in [2.75, 3.05) is 19.5 Å². The zero-order valence-electron chi connectivity index (χ0n) is 13.8. The molecule has 3 aromatic rings. The summed E-state index contributed by atoms with van der Waals surface area (Å²) < 4.78 is 7.33. The summed E-state index contributed by atoms with van der Waals surface area (Å²) in [5.41, 5.74) is 11.1. The summed E-state index contributed by atoms with van der Waals surface area (Å²) in [5, 5.41) is 0. The Balaban J connectivity index is 1.80. The summed E-state index contributed by atoms with van der Waals surface area (Å²) in [6, 6.07) is 5.63. The lowest BCUT2D eigenvalue weighted by molar-refractivity contribution is -0.689. The third kappa shape index (κ3) is 3.58. The van der Waals surface area contributed by atoms with Crippen molar-refractivity contribution in [2.45, 2.75) is 19.9 Å². The first-order chi connectivity index (χ1) is 11.7. The monoisotopic (exact) mass is 342 g/mol. The average molecular weight is 342 g/mol. The molecule has 0 aliphatic carbocycles. The summed E-state index contributed by atoms with van der Waals surface area (Å²) in [6.45, 7) is 3.50. The average Bonchev–Trinajstić information content (AvgIpc) is 2.95. The van der Waals surface area contributed by atoms with Crippen molar-refractivity contribution in [2.24, 2.45) is 0 Å². The van der Waals surface area contributed by atoms with Crippen LogP contribution in [0.1, 0.15) is 16.1 Å². The molecule has 24 heavy (non-hydrogen) atoms. The number of methoxy groups -OCH3 is 1. The fourth-order valence-corrected chi connectivity index (χ4v) is 3.36. The molecule has 0 saturated carbocycles. The highest BCUT2D eigenvalue weighted by Crippen LogP contribution is 2.17. The number of anilines is 1. The van der Waals surface area contributed by atoms with Gasteiger partial charge in [0, 0.05) is 32.8 Å². The molecule has 0 spiro atoms. The summed E-state index contributed by atoms with van der Waals surface area (Å²) in [5.74, 6) is 1.03. The molecule has 0 fully saturated rings. The molecule has 7 heteroatoms. The normalized spacial score (nSPS) is 10.9. The Morgan fingerprint density at radius 1 is 1.29 bits per heavy atom. The van der Waals surface area contributed by atoms with Crippen molar-refractivity contribution < 1.29 is 9.30 Å². The molecule has 0 aromatic carbocycles. The number of pyridine rings is 1. The fourth-order valence-electron chi connectivity index (χ4n) is 2.39. The van der Waals surface area contributed by atoms with Crippen molar-refractivity contribution in [3.05, 3.63) is 52.2 Å².